The van der Waals surface area contributed by atoms with E-state index >= 15 is 0 Å². The van der Waals surface area contributed by atoms with Crippen LogP contribution in [0.3, 0.4) is 0 Å². The summed E-state index contributed by atoms with van der Waals surface area (Å²) >= 11 is 0. The minimum Gasteiger partial charge on any atom is -0.507 e. The van der Waals surface area contributed by atoms with Gasteiger partial charge in [0.2, 0.25) is 0 Å². The zero-order chi connectivity index (χ0) is 14.4. The molecular weight excluding hydrogens is 256 g/mol. The molecule has 0 atom stereocenters. The van der Waals surface area contributed by atoms with E-state index in [1.807, 2.05) is 6.08 Å². The second-order valence-electron chi connectivity index (χ2n) is 5.00. The van der Waals surface area contributed by atoms with Crippen LogP contribution in [0.1, 0.15) is 51.6 Å². The summed E-state index contributed by atoms with van der Waals surface area (Å²) < 4.78 is 0. The highest BCUT2D eigenvalue weighted by molar-refractivity contribution is 6.27. The number of rotatable bonds is 1. The van der Waals surface area contributed by atoms with Gasteiger partial charge < -0.3 is 10.2 Å². The number of fused-ring (bicyclic) bond motifs is 2. The monoisotopic (exact) mass is 270 g/mol. The van der Waals surface area contributed by atoms with Crippen LogP contribution < -0.4 is 0 Å². The standard InChI is InChI=1S/C16H14O4/c1-2-8-7-11(17)12-13(14(8)18)16(20)10-6-4-3-5-9(10)15(12)19/h4,6-7,19-20H,2-3,5H2,1H3. The first-order valence-corrected chi connectivity index (χ1v) is 6.63. The van der Waals surface area contributed by atoms with E-state index in [4.69, 9.17) is 0 Å². The van der Waals surface area contributed by atoms with Crippen LogP contribution in [0.25, 0.3) is 6.08 Å². The highest BCUT2D eigenvalue weighted by Crippen LogP contribution is 2.43. The van der Waals surface area contributed by atoms with Crippen LogP contribution in [-0.4, -0.2) is 21.8 Å². The van der Waals surface area contributed by atoms with Gasteiger partial charge in [-0.25, -0.2) is 0 Å². The number of phenols is 2. The highest BCUT2D eigenvalue weighted by Gasteiger charge is 2.34. The molecule has 0 spiro atoms. The summed E-state index contributed by atoms with van der Waals surface area (Å²) in [5, 5.41) is 20.6. The highest BCUT2D eigenvalue weighted by atomic mass is 16.3. The number of carbonyl (C=O) groups excluding carboxylic acids is 2. The molecule has 0 bridgehead atoms. The molecule has 2 aliphatic carbocycles. The van der Waals surface area contributed by atoms with E-state index in [1.54, 1.807) is 13.0 Å². The number of aromatic hydroxyl groups is 2. The lowest BCUT2D eigenvalue weighted by Gasteiger charge is -2.22. The quantitative estimate of drug-likeness (QED) is 0.769. The number of phenolic OH excluding ortho intramolecular Hbond substituents is 2. The molecule has 4 heteroatoms. The van der Waals surface area contributed by atoms with Gasteiger partial charge in [0.1, 0.15) is 11.5 Å². The number of hydrogen-bond donors (Lipinski definition) is 2. The summed E-state index contributed by atoms with van der Waals surface area (Å²) in [6.45, 7) is 1.78. The molecule has 0 amide bonds. The SMILES string of the molecule is CCC1=CC(=O)c2c(O)c3c(c(O)c2C1=O)C=CCC3. The van der Waals surface area contributed by atoms with E-state index < -0.39 is 5.78 Å². The number of carbonyl (C=O) groups is 2. The summed E-state index contributed by atoms with van der Waals surface area (Å²) in [7, 11) is 0. The number of hydrogen-bond acceptors (Lipinski definition) is 4. The van der Waals surface area contributed by atoms with E-state index in [-0.39, 0.29) is 28.4 Å². The zero-order valence-corrected chi connectivity index (χ0v) is 11.1. The maximum Gasteiger partial charge on any atom is 0.193 e. The second kappa shape index (κ2) is 4.34. The van der Waals surface area contributed by atoms with Gasteiger partial charge in [-0.1, -0.05) is 19.1 Å². The van der Waals surface area contributed by atoms with Crippen LogP contribution in [0, 0.1) is 0 Å². The molecule has 20 heavy (non-hydrogen) atoms. The average molecular weight is 270 g/mol. The van der Waals surface area contributed by atoms with Crippen molar-refractivity contribution in [1.29, 1.82) is 0 Å². The smallest absolute Gasteiger partial charge is 0.193 e. The molecule has 3 rings (SSSR count). The van der Waals surface area contributed by atoms with Gasteiger partial charge in [0.15, 0.2) is 11.6 Å². The lowest BCUT2D eigenvalue weighted by molar-refractivity contribution is 0.0977. The van der Waals surface area contributed by atoms with Crippen LogP contribution in [0.2, 0.25) is 0 Å². The van der Waals surface area contributed by atoms with Crippen LogP contribution in [0.4, 0.5) is 0 Å². The largest absolute Gasteiger partial charge is 0.507 e. The van der Waals surface area contributed by atoms with Gasteiger partial charge in [0.05, 0.1) is 11.1 Å². The van der Waals surface area contributed by atoms with Crippen LogP contribution in [0.15, 0.2) is 17.7 Å². The van der Waals surface area contributed by atoms with Gasteiger partial charge in [-0.15, -0.1) is 0 Å². The molecule has 1 aromatic carbocycles. The van der Waals surface area contributed by atoms with Gasteiger partial charge in [-0.2, -0.15) is 0 Å². The van der Waals surface area contributed by atoms with E-state index in [9.17, 15) is 19.8 Å². The first-order valence-electron chi connectivity index (χ1n) is 6.63. The Morgan fingerprint density at radius 1 is 1.15 bits per heavy atom. The molecule has 4 nitrogen and oxygen atoms in total. The molecule has 102 valence electrons. The maximum atomic E-state index is 12.3. The Kier molecular flexibility index (Phi) is 2.74. The fourth-order valence-electron chi connectivity index (χ4n) is 2.83. The van der Waals surface area contributed by atoms with Crippen molar-refractivity contribution in [3.05, 3.63) is 40.0 Å². The van der Waals surface area contributed by atoms with E-state index in [0.29, 0.717) is 29.5 Å². The Morgan fingerprint density at radius 3 is 2.60 bits per heavy atom. The third-order valence-electron chi connectivity index (χ3n) is 3.89. The number of benzene rings is 1. The van der Waals surface area contributed by atoms with Crippen molar-refractivity contribution in [2.75, 3.05) is 0 Å². The average Bonchev–Trinajstić information content (AvgIpc) is 2.46. The minimum absolute atomic E-state index is 0.0567. The van der Waals surface area contributed by atoms with Crippen molar-refractivity contribution in [2.24, 2.45) is 0 Å². The zero-order valence-electron chi connectivity index (χ0n) is 11.1. The van der Waals surface area contributed by atoms with Gasteiger partial charge in [0, 0.05) is 16.7 Å². The van der Waals surface area contributed by atoms with Crippen molar-refractivity contribution in [2.45, 2.75) is 26.2 Å². The van der Waals surface area contributed by atoms with Gasteiger partial charge in [-0.3, -0.25) is 9.59 Å². The van der Waals surface area contributed by atoms with Crippen molar-refractivity contribution in [3.63, 3.8) is 0 Å². The van der Waals surface area contributed by atoms with Gasteiger partial charge >= 0.3 is 0 Å². The summed E-state index contributed by atoms with van der Waals surface area (Å²) in [4.78, 5) is 24.5. The number of allylic oxidation sites excluding steroid dienone is 3. The maximum absolute atomic E-state index is 12.3. The van der Waals surface area contributed by atoms with E-state index in [0.717, 1.165) is 6.42 Å². The van der Waals surface area contributed by atoms with Crippen molar-refractivity contribution < 1.29 is 19.8 Å². The normalized spacial score (nSPS) is 16.8. The predicted octanol–water partition coefficient (Wildman–Crippen LogP) is 2.77. The molecule has 0 heterocycles. The molecule has 0 unspecified atom stereocenters. The van der Waals surface area contributed by atoms with Crippen LogP contribution >= 0.6 is 0 Å². The van der Waals surface area contributed by atoms with Crippen molar-refractivity contribution in [3.8, 4) is 11.5 Å². The number of ketones is 2. The fraction of sp³-hybridized carbons (Fsp3) is 0.250. The molecule has 2 aliphatic rings. The lowest BCUT2D eigenvalue weighted by atomic mass is 9.82. The predicted molar refractivity (Wildman–Crippen MR) is 74.2 cm³/mol. The summed E-state index contributed by atoms with van der Waals surface area (Å²) in [6.07, 6.45) is 6.52. The first-order chi connectivity index (χ1) is 9.56. The molecule has 0 saturated carbocycles. The molecule has 0 saturated heterocycles. The third kappa shape index (κ3) is 1.54. The second-order valence-corrected chi connectivity index (χ2v) is 5.00. The molecule has 0 aromatic heterocycles. The van der Waals surface area contributed by atoms with E-state index in [2.05, 4.69) is 0 Å². The Balaban J connectivity index is 2.37. The Bertz CT molecular complexity index is 708. The molecule has 0 aliphatic heterocycles. The topological polar surface area (TPSA) is 74.6 Å². The Labute approximate surface area is 116 Å². The Hall–Kier alpha value is -2.36. The fourth-order valence-corrected chi connectivity index (χ4v) is 2.83. The molecule has 0 radical (unpaired) electrons. The van der Waals surface area contributed by atoms with Gasteiger partial charge in [0.25, 0.3) is 0 Å². The third-order valence-corrected chi connectivity index (χ3v) is 3.89. The summed E-state index contributed by atoms with van der Waals surface area (Å²) in [6, 6.07) is 0. The number of Topliss-reactive ketones (excluding diaryl/α,β-unsaturated/α-hetero) is 1. The van der Waals surface area contributed by atoms with Gasteiger partial charge in [-0.05, 0) is 25.3 Å². The van der Waals surface area contributed by atoms with Crippen molar-refractivity contribution >= 4 is 17.6 Å². The van der Waals surface area contributed by atoms with Crippen molar-refractivity contribution in [1.82, 2.24) is 0 Å². The lowest BCUT2D eigenvalue weighted by Crippen LogP contribution is -2.19. The minimum atomic E-state index is -0.415. The van der Waals surface area contributed by atoms with E-state index in [1.165, 1.54) is 6.08 Å². The molecule has 2 N–H and O–H groups in total. The molecule has 1 aromatic rings. The Morgan fingerprint density at radius 2 is 1.90 bits per heavy atom. The summed E-state index contributed by atoms with van der Waals surface area (Å²) in [5.74, 6) is -1.15. The summed E-state index contributed by atoms with van der Waals surface area (Å²) in [5.41, 5.74) is 1.23. The molecule has 0 fully saturated rings. The van der Waals surface area contributed by atoms with Crippen LogP contribution in [0.5, 0.6) is 11.5 Å². The molecular formula is C16H14O4. The van der Waals surface area contributed by atoms with Crippen LogP contribution in [-0.2, 0) is 6.42 Å². The first kappa shape index (κ1) is 12.7.